The third-order valence-corrected chi connectivity index (χ3v) is 3.34. The van der Waals surface area contributed by atoms with E-state index in [1.165, 1.54) is 12.1 Å². The van der Waals surface area contributed by atoms with Crippen LogP contribution >= 0.6 is 0 Å². The number of halogens is 1. The second-order valence-electron chi connectivity index (χ2n) is 4.88. The second-order valence-corrected chi connectivity index (χ2v) is 4.88. The third kappa shape index (κ3) is 3.46. The predicted octanol–water partition coefficient (Wildman–Crippen LogP) is 0.928. The fourth-order valence-corrected chi connectivity index (χ4v) is 2.26. The Labute approximate surface area is 118 Å². The maximum absolute atomic E-state index is 13.6. The third-order valence-electron chi connectivity index (χ3n) is 3.34. The Balaban J connectivity index is 1.96. The van der Waals surface area contributed by atoms with Gasteiger partial charge >= 0.3 is 0 Å². The minimum absolute atomic E-state index is 0.0238. The van der Waals surface area contributed by atoms with Crippen LogP contribution in [0.5, 0.6) is 0 Å². The van der Waals surface area contributed by atoms with Crippen LogP contribution in [0.3, 0.4) is 0 Å². The van der Waals surface area contributed by atoms with Crippen LogP contribution in [0.4, 0.5) is 10.1 Å². The maximum Gasteiger partial charge on any atom is 0.253 e. The SMILES string of the molecule is CNc1c(F)cccc1C(=O)NCC1CN(C)CCO1. The van der Waals surface area contributed by atoms with Crippen LogP contribution in [0.2, 0.25) is 0 Å². The zero-order valence-corrected chi connectivity index (χ0v) is 11.8. The topological polar surface area (TPSA) is 53.6 Å². The first-order valence-electron chi connectivity index (χ1n) is 6.66. The molecule has 0 radical (unpaired) electrons. The van der Waals surface area contributed by atoms with Gasteiger partial charge in [-0.2, -0.15) is 0 Å². The maximum atomic E-state index is 13.6. The molecule has 1 heterocycles. The van der Waals surface area contributed by atoms with Gasteiger partial charge in [0.1, 0.15) is 5.82 Å². The molecule has 0 saturated carbocycles. The molecule has 1 amide bonds. The van der Waals surface area contributed by atoms with Crippen molar-refractivity contribution >= 4 is 11.6 Å². The number of likely N-dealkylation sites (N-methyl/N-ethyl adjacent to an activating group) is 1. The Morgan fingerprint density at radius 3 is 3.05 bits per heavy atom. The van der Waals surface area contributed by atoms with E-state index >= 15 is 0 Å². The fourth-order valence-electron chi connectivity index (χ4n) is 2.26. The number of carbonyl (C=O) groups excluding carboxylic acids is 1. The minimum Gasteiger partial charge on any atom is -0.385 e. The average Bonchev–Trinajstić information content (AvgIpc) is 2.44. The van der Waals surface area contributed by atoms with Crippen LogP contribution in [0.25, 0.3) is 0 Å². The summed E-state index contributed by atoms with van der Waals surface area (Å²) >= 11 is 0. The summed E-state index contributed by atoms with van der Waals surface area (Å²) in [4.78, 5) is 14.3. The lowest BCUT2D eigenvalue weighted by Crippen LogP contribution is -2.46. The standard InChI is InChI=1S/C14H20FN3O2/c1-16-13-11(4-3-5-12(13)15)14(19)17-8-10-9-18(2)6-7-20-10/h3-5,10,16H,6-9H2,1-2H3,(H,17,19). The molecule has 6 heteroatoms. The van der Waals surface area contributed by atoms with E-state index in [1.54, 1.807) is 13.1 Å². The predicted molar refractivity (Wildman–Crippen MR) is 75.5 cm³/mol. The Kier molecular flexibility index (Phi) is 4.92. The van der Waals surface area contributed by atoms with Crippen molar-refractivity contribution < 1.29 is 13.9 Å². The van der Waals surface area contributed by atoms with Crippen LogP contribution in [-0.4, -0.2) is 57.2 Å². The number of amides is 1. The van der Waals surface area contributed by atoms with Gasteiger partial charge in [0.15, 0.2) is 0 Å². The van der Waals surface area contributed by atoms with Crippen LogP contribution in [0.15, 0.2) is 18.2 Å². The molecule has 0 bridgehead atoms. The monoisotopic (exact) mass is 281 g/mol. The highest BCUT2D eigenvalue weighted by atomic mass is 19.1. The van der Waals surface area contributed by atoms with Crippen molar-refractivity contribution in [1.82, 2.24) is 10.2 Å². The summed E-state index contributed by atoms with van der Waals surface area (Å²) < 4.78 is 19.2. The first-order chi connectivity index (χ1) is 9.61. The van der Waals surface area contributed by atoms with Gasteiger partial charge in [-0.1, -0.05) is 6.07 Å². The number of para-hydroxylation sites is 1. The number of hydrogen-bond donors (Lipinski definition) is 2. The largest absolute Gasteiger partial charge is 0.385 e. The average molecular weight is 281 g/mol. The minimum atomic E-state index is -0.436. The first-order valence-corrected chi connectivity index (χ1v) is 6.66. The van der Waals surface area contributed by atoms with Crippen molar-refractivity contribution in [3.63, 3.8) is 0 Å². The van der Waals surface area contributed by atoms with E-state index in [1.807, 2.05) is 7.05 Å². The number of anilines is 1. The molecule has 1 fully saturated rings. The van der Waals surface area contributed by atoms with Crippen LogP contribution in [-0.2, 0) is 4.74 Å². The summed E-state index contributed by atoms with van der Waals surface area (Å²) in [5, 5.41) is 5.51. The molecule has 0 aliphatic carbocycles. The molecule has 2 N–H and O–H groups in total. The smallest absolute Gasteiger partial charge is 0.253 e. The van der Waals surface area contributed by atoms with Crippen molar-refractivity contribution in [2.75, 3.05) is 45.7 Å². The molecule has 2 rings (SSSR count). The number of morpholine rings is 1. The van der Waals surface area contributed by atoms with Gasteiger partial charge in [-0.3, -0.25) is 4.79 Å². The lowest BCUT2D eigenvalue weighted by atomic mass is 10.1. The van der Waals surface area contributed by atoms with E-state index in [2.05, 4.69) is 15.5 Å². The van der Waals surface area contributed by atoms with Gasteiger partial charge in [0.05, 0.1) is 24.0 Å². The molecule has 1 aliphatic rings. The Morgan fingerprint density at radius 1 is 1.55 bits per heavy atom. The van der Waals surface area contributed by atoms with Gasteiger partial charge in [-0.15, -0.1) is 0 Å². The van der Waals surface area contributed by atoms with Crippen molar-refractivity contribution in [3.05, 3.63) is 29.6 Å². The Hall–Kier alpha value is -1.66. The number of ether oxygens (including phenoxy) is 1. The van der Waals surface area contributed by atoms with Gasteiger partial charge in [0.2, 0.25) is 0 Å². The highest BCUT2D eigenvalue weighted by Crippen LogP contribution is 2.19. The van der Waals surface area contributed by atoms with Crippen molar-refractivity contribution in [2.24, 2.45) is 0 Å². The van der Waals surface area contributed by atoms with E-state index in [0.29, 0.717) is 18.7 Å². The molecule has 0 aromatic heterocycles. The molecular weight excluding hydrogens is 261 g/mol. The lowest BCUT2D eigenvalue weighted by molar-refractivity contribution is -0.0175. The molecule has 1 aromatic rings. The highest BCUT2D eigenvalue weighted by molar-refractivity contribution is 5.99. The van der Waals surface area contributed by atoms with E-state index in [9.17, 15) is 9.18 Å². The summed E-state index contributed by atoms with van der Waals surface area (Å²) in [5.41, 5.74) is 0.517. The highest BCUT2D eigenvalue weighted by Gasteiger charge is 2.20. The molecule has 1 saturated heterocycles. The van der Waals surface area contributed by atoms with E-state index in [0.717, 1.165) is 13.1 Å². The molecule has 1 unspecified atom stereocenters. The molecule has 1 aromatic carbocycles. The van der Waals surface area contributed by atoms with Crippen molar-refractivity contribution in [3.8, 4) is 0 Å². The van der Waals surface area contributed by atoms with Crippen molar-refractivity contribution in [2.45, 2.75) is 6.10 Å². The number of carbonyl (C=O) groups is 1. The second kappa shape index (κ2) is 6.67. The van der Waals surface area contributed by atoms with E-state index in [-0.39, 0.29) is 17.7 Å². The van der Waals surface area contributed by atoms with E-state index < -0.39 is 5.82 Å². The first kappa shape index (κ1) is 14.7. The van der Waals surface area contributed by atoms with Crippen LogP contribution in [0.1, 0.15) is 10.4 Å². The molecular formula is C14H20FN3O2. The summed E-state index contributed by atoms with van der Waals surface area (Å²) in [6, 6.07) is 4.44. The van der Waals surface area contributed by atoms with Gasteiger partial charge in [0, 0.05) is 26.7 Å². The molecule has 1 atom stereocenters. The summed E-state index contributed by atoms with van der Waals surface area (Å²) in [5.74, 6) is -0.737. The van der Waals surface area contributed by atoms with Crippen LogP contribution < -0.4 is 10.6 Å². The summed E-state index contributed by atoms with van der Waals surface area (Å²) in [6.07, 6.45) is -0.0238. The zero-order chi connectivity index (χ0) is 14.5. The Morgan fingerprint density at radius 2 is 2.35 bits per heavy atom. The Bertz CT molecular complexity index is 481. The number of nitrogens with zero attached hydrogens (tertiary/aromatic N) is 1. The fraction of sp³-hybridized carbons (Fsp3) is 0.500. The molecule has 110 valence electrons. The summed E-state index contributed by atoms with van der Waals surface area (Å²) in [6.45, 7) is 2.77. The van der Waals surface area contributed by atoms with Crippen molar-refractivity contribution in [1.29, 1.82) is 0 Å². The molecule has 0 spiro atoms. The van der Waals surface area contributed by atoms with Crippen LogP contribution in [0, 0.1) is 5.82 Å². The lowest BCUT2D eigenvalue weighted by Gasteiger charge is -2.30. The van der Waals surface area contributed by atoms with E-state index in [4.69, 9.17) is 4.74 Å². The van der Waals surface area contributed by atoms with Gasteiger partial charge in [-0.05, 0) is 19.2 Å². The molecule has 20 heavy (non-hydrogen) atoms. The molecule has 5 nitrogen and oxygen atoms in total. The zero-order valence-electron chi connectivity index (χ0n) is 11.8. The quantitative estimate of drug-likeness (QED) is 0.862. The number of hydrogen-bond acceptors (Lipinski definition) is 4. The van der Waals surface area contributed by atoms with Gasteiger partial charge in [-0.25, -0.2) is 4.39 Å². The number of rotatable bonds is 4. The van der Waals surface area contributed by atoms with Gasteiger partial charge < -0.3 is 20.3 Å². The molecule has 1 aliphatic heterocycles. The number of nitrogens with one attached hydrogen (secondary N) is 2. The number of benzene rings is 1. The summed E-state index contributed by atoms with van der Waals surface area (Å²) in [7, 11) is 3.61. The van der Waals surface area contributed by atoms with Gasteiger partial charge in [0.25, 0.3) is 5.91 Å². The normalized spacial score (nSPS) is 19.6.